The topological polar surface area (TPSA) is 67.6 Å². The number of methoxy groups -OCH3 is 1. The molecule has 6 heteroatoms. The second-order valence-electron chi connectivity index (χ2n) is 7.12. The summed E-state index contributed by atoms with van der Waals surface area (Å²) in [6.07, 6.45) is 2.43. The van der Waals surface area contributed by atoms with Gasteiger partial charge in [-0.2, -0.15) is 0 Å². The second-order valence-corrected chi connectivity index (χ2v) is 7.12. The van der Waals surface area contributed by atoms with Crippen molar-refractivity contribution in [1.29, 1.82) is 0 Å². The molecule has 1 aliphatic rings. The van der Waals surface area contributed by atoms with Crippen LogP contribution in [0, 0.1) is 5.92 Å². The molecule has 0 radical (unpaired) electrons. The molecule has 0 aliphatic carbocycles. The van der Waals surface area contributed by atoms with Crippen molar-refractivity contribution in [2.24, 2.45) is 5.92 Å². The fraction of sp³-hybridized carbons (Fsp3) is 0.500. The Bertz CT molecular complexity index is 741. The van der Waals surface area contributed by atoms with E-state index in [2.05, 4.69) is 53.5 Å². The summed E-state index contributed by atoms with van der Waals surface area (Å²) in [5.74, 6) is 0.267. The summed E-state index contributed by atoms with van der Waals surface area (Å²) in [4.78, 5) is 15.0. The van der Waals surface area contributed by atoms with Gasteiger partial charge in [0.2, 0.25) is 0 Å². The van der Waals surface area contributed by atoms with Gasteiger partial charge in [0, 0.05) is 32.8 Å². The molecule has 0 saturated heterocycles. The minimum absolute atomic E-state index is 0.165. The highest BCUT2D eigenvalue weighted by molar-refractivity contribution is 5.94. The summed E-state index contributed by atoms with van der Waals surface area (Å²) in [7, 11) is 1.57. The van der Waals surface area contributed by atoms with Gasteiger partial charge in [-0.05, 0) is 23.5 Å². The molecule has 140 valence electrons. The van der Waals surface area contributed by atoms with Crippen LogP contribution in [0.4, 0.5) is 0 Å². The molecule has 3 rings (SSSR count). The lowest BCUT2D eigenvalue weighted by Crippen LogP contribution is -2.48. The summed E-state index contributed by atoms with van der Waals surface area (Å²) >= 11 is 0. The maximum atomic E-state index is 12.5. The van der Waals surface area contributed by atoms with Crippen LogP contribution < -0.4 is 5.32 Å². The van der Waals surface area contributed by atoms with E-state index in [1.807, 2.05) is 0 Å². The van der Waals surface area contributed by atoms with Gasteiger partial charge in [-0.1, -0.05) is 43.3 Å². The van der Waals surface area contributed by atoms with Crippen LogP contribution in [0.1, 0.15) is 41.0 Å². The number of nitrogens with zero attached hydrogens (tertiary/aromatic N) is 2. The number of amides is 1. The third-order valence-electron chi connectivity index (χ3n) is 5.04. The average Bonchev–Trinajstić information content (AvgIpc) is 3.10. The highest BCUT2D eigenvalue weighted by Crippen LogP contribution is 2.23. The Balaban J connectivity index is 1.64. The van der Waals surface area contributed by atoms with Crippen molar-refractivity contribution in [2.45, 2.75) is 39.5 Å². The van der Waals surface area contributed by atoms with Crippen LogP contribution >= 0.6 is 0 Å². The molecule has 2 aromatic rings. The molecule has 0 bridgehead atoms. The van der Waals surface area contributed by atoms with Gasteiger partial charge in [0.1, 0.15) is 17.5 Å². The normalized spacial score (nSPS) is 15.7. The monoisotopic (exact) mass is 357 g/mol. The van der Waals surface area contributed by atoms with Gasteiger partial charge in [-0.15, -0.1) is 0 Å². The predicted octanol–water partition coefficient (Wildman–Crippen LogP) is 2.63. The van der Waals surface area contributed by atoms with Crippen molar-refractivity contribution in [2.75, 3.05) is 20.2 Å². The largest absolute Gasteiger partial charge is 0.378 e. The van der Waals surface area contributed by atoms with Gasteiger partial charge in [-0.3, -0.25) is 9.69 Å². The maximum Gasteiger partial charge on any atom is 0.256 e. The van der Waals surface area contributed by atoms with E-state index in [4.69, 9.17) is 9.26 Å². The van der Waals surface area contributed by atoms with E-state index >= 15 is 0 Å². The van der Waals surface area contributed by atoms with Crippen LogP contribution in [-0.4, -0.2) is 42.2 Å². The second kappa shape index (κ2) is 8.47. The standard InChI is InChI=1S/C20H27N3O3/c1-14(2)19(23-9-8-15-6-4-5-7-16(15)11-23)10-21-20(24)17-12-26-22-18(17)13-25-3/h4-7,12,14,19H,8-11,13H2,1-3H3,(H,21,24). The number of fused-ring (bicyclic) bond motifs is 1. The molecule has 2 heterocycles. The summed E-state index contributed by atoms with van der Waals surface area (Å²) in [5.41, 5.74) is 3.79. The summed E-state index contributed by atoms with van der Waals surface area (Å²) in [6, 6.07) is 8.88. The van der Waals surface area contributed by atoms with Crippen LogP contribution in [0.25, 0.3) is 0 Å². The predicted molar refractivity (Wildman–Crippen MR) is 98.7 cm³/mol. The summed E-state index contributed by atoms with van der Waals surface area (Å²) < 4.78 is 9.99. The Kier molecular flexibility index (Phi) is 6.06. The number of rotatable bonds is 7. The van der Waals surface area contributed by atoms with E-state index in [9.17, 15) is 4.79 Å². The number of carbonyl (C=O) groups excluding carboxylic acids is 1. The molecule has 0 saturated carbocycles. The van der Waals surface area contributed by atoms with E-state index in [1.165, 1.54) is 17.4 Å². The lowest BCUT2D eigenvalue weighted by atomic mass is 9.95. The first-order valence-corrected chi connectivity index (χ1v) is 9.11. The maximum absolute atomic E-state index is 12.5. The van der Waals surface area contributed by atoms with Gasteiger partial charge in [0.15, 0.2) is 0 Å². The van der Waals surface area contributed by atoms with E-state index in [-0.39, 0.29) is 18.6 Å². The van der Waals surface area contributed by atoms with Gasteiger partial charge in [0.25, 0.3) is 5.91 Å². The first kappa shape index (κ1) is 18.6. The SMILES string of the molecule is COCc1nocc1C(=O)NCC(C(C)C)N1CCc2ccccc2C1. The number of nitrogens with one attached hydrogen (secondary N) is 1. The average molecular weight is 357 g/mol. The van der Waals surface area contributed by atoms with Crippen molar-refractivity contribution >= 4 is 5.91 Å². The fourth-order valence-electron chi connectivity index (χ4n) is 3.56. The Morgan fingerprint density at radius 3 is 2.85 bits per heavy atom. The molecule has 1 aliphatic heterocycles. The van der Waals surface area contributed by atoms with Gasteiger partial charge < -0.3 is 14.6 Å². The van der Waals surface area contributed by atoms with E-state index in [0.29, 0.717) is 23.7 Å². The smallest absolute Gasteiger partial charge is 0.256 e. The van der Waals surface area contributed by atoms with Crippen molar-refractivity contribution in [3.8, 4) is 0 Å². The lowest BCUT2D eigenvalue weighted by Gasteiger charge is -2.38. The molecule has 0 spiro atoms. The van der Waals surface area contributed by atoms with Crippen LogP contribution in [0.5, 0.6) is 0 Å². The van der Waals surface area contributed by atoms with Gasteiger partial charge in [0.05, 0.1) is 6.61 Å². The van der Waals surface area contributed by atoms with Crippen molar-refractivity contribution in [3.63, 3.8) is 0 Å². The first-order valence-electron chi connectivity index (χ1n) is 9.11. The number of aromatic nitrogens is 1. The minimum atomic E-state index is -0.165. The molecule has 1 aromatic carbocycles. The number of benzene rings is 1. The highest BCUT2D eigenvalue weighted by Gasteiger charge is 2.26. The molecule has 6 nitrogen and oxygen atoms in total. The number of carbonyl (C=O) groups is 1. The zero-order valence-corrected chi connectivity index (χ0v) is 15.7. The van der Waals surface area contributed by atoms with E-state index in [1.54, 1.807) is 7.11 Å². The number of hydrogen-bond donors (Lipinski definition) is 1. The van der Waals surface area contributed by atoms with Crippen LogP contribution in [-0.2, 0) is 24.3 Å². The van der Waals surface area contributed by atoms with Gasteiger partial charge >= 0.3 is 0 Å². The lowest BCUT2D eigenvalue weighted by molar-refractivity contribution is 0.0899. The Labute approximate surface area is 154 Å². The third kappa shape index (κ3) is 4.14. The minimum Gasteiger partial charge on any atom is -0.378 e. The molecule has 1 atom stereocenters. The van der Waals surface area contributed by atoms with Crippen molar-refractivity contribution in [3.05, 3.63) is 52.9 Å². The Morgan fingerprint density at radius 2 is 2.12 bits per heavy atom. The van der Waals surface area contributed by atoms with Crippen molar-refractivity contribution in [1.82, 2.24) is 15.4 Å². The number of hydrogen-bond acceptors (Lipinski definition) is 5. The quantitative estimate of drug-likeness (QED) is 0.825. The van der Waals surface area contributed by atoms with Crippen molar-refractivity contribution < 1.29 is 14.1 Å². The van der Waals surface area contributed by atoms with E-state index < -0.39 is 0 Å². The van der Waals surface area contributed by atoms with Crippen LogP contribution in [0.3, 0.4) is 0 Å². The van der Waals surface area contributed by atoms with Crippen LogP contribution in [0.2, 0.25) is 0 Å². The third-order valence-corrected chi connectivity index (χ3v) is 5.04. The van der Waals surface area contributed by atoms with E-state index in [0.717, 1.165) is 19.5 Å². The molecule has 1 unspecified atom stereocenters. The molecule has 1 aromatic heterocycles. The first-order chi connectivity index (χ1) is 12.6. The van der Waals surface area contributed by atoms with Crippen LogP contribution in [0.15, 0.2) is 35.1 Å². The summed E-state index contributed by atoms with van der Waals surface area (Å²) in [6.45, 7) is 7.20. The molecular formula is C20H27N3O3. The molecule has 1 N–H and O–H groups in total. The Morgan fingerprint density at radius 1 is 1.35 bits per heavy atom. The Hall–Kier alpha value is -2.18. The zero-order chi connectivity index (χ0) is 18.5. The van der Waals surface area contributed by atoms with Gasteiger partial charge in [-0.25, -0.2) is 0 Å². The molecular weight excluding hydrogens is 330 g/mol. The number of ether oxygens (including phenoxy) is 1. The molecule has 26 heavy (non-hydrogen) atoms. The molecule has 0 fully saturated rings. The highest BCUT2D eigenvalue weighted by atomic mass is 16.5. The fourth-order valence-corrected chi connectivity index (χ4v) is 3.56. The molecule has 1 amide bonds. The summed E-state index contributed by atoms with van der Waals surface area (Å²) in [5, 5.41) is 6.88. The zero-order valence-electron chi connectivity index (χ0n) is 15.7.